The molecular weight excluding hydrogens is 498 g/mol. The van der Waals surface area contributed by atoms with Crippen LogP contribution in [-0.2, 0) is 0 Å². The summed E-state index contributed by atoms with van der Waals surface area (Å²) in [6.07, 6.45) is 2.18. The predicted octanol–water partition coefficient (Wildman–Crippen LogP) is 10.2. The van der Waals surface area contributed by atoms with Crippen LogP contribution in [-0.4, -0.2) is 9.13 Å². The van der Waals surface area contributed by atoms with Crippen molar-refractivity contribution in [2.75, 3.05) is 4.90 Å². The molecule has 2 aromatic heterocycles. The van der Waals surface area contributed by atoms with Crippen LogP contribution < -0.4 is 4.90 Å². The summed E-state index contributed by atoms with van der Waals surface area (Å²) >= 11 is 0. The average molecular weight is 526 g/mol. The van der Waals surface area contributed by atoms with Crippen molar-refractivity contribution in [3.63, 3.8) is 0 Å². The maximum Gasteiger partial charge on any atom is 0.0548 e. The van der Waals surface area contributed by atoms with Gasteiger partial charge in [-0.1, -0.05) is 72.8 Å². The Morgan fingerprint density at radius 3 is 1.59 bits per heavy atom. The molecule has 8 rings (SSSR count). The Bertz CT molecular complexity index is 2080. The number of fused-ring (bicyclic) bond motifs is 5. The largest absolute Gasteiger partial charge is 0.317 e. The Labute approximate surface area is 238 Å². The lowest BCUT2D eigenvalue weighted by Crippen LogP contribution is -2.09. The molecule has 0 saturated carbocycles. The average Bonchev–Trinajstić information content (AvgIpc) is 3.62. The highest BCUT2D eigenvalue weighted by molar-refractivity contribution is 6.21. The summed E-state index contributed by atoms with van der Waals surface area (Å²) in [6, 6.07) is 56.1. The first-order valence-electron chi connectivity index (χ1n) is 14.0. The Morgan fingerprint density at radius 1 is 0.366 bits per heavy atom. The molecule has 0 radical (unpaired) electrons. The van der Waals surface area contributed by atoms with Gasteiger partial charge in [-0.2, -0.15) is 0 Å². The molecule has 8 aromatic rings. The second-order valence-corrected chi connectivity index (χ2v) is 10.3. The number of hydrogen-bond acceptors (Lipinski definition) is 1. The lowest BCUT2D eigenvalue weighted by atomic mass is 10.1. The van der Waals surface area contributed by atoms with Crippen LogP contribution in [0.3, 0.4) is 0 Å². The Hall–Kier alpha value is -5.54. The van der Waals surface area contributed by atoms with Gasteiger partial charge in [-0.25, -0.2) is 0 Å². The molecule has 2 heterocycles. The Balaban J connectivity index is 1.30. The minimum atomic E-state index is 1.12. The summed E-state index contributed by atoms with van der Waals surface area (Å²) < 4.78 is 4.67. The van der Waals surface area contributed by atoms with Gasteiger partial charge in [0, 0.05) is 50.8 Å². The predicted molar refractivity (Wildman–Crippen MR) is 172 cm³/mol. The van der Waals surface area contributed by atoms with Gasteiger partial charge in [-0.05, 0) is 84.9 Å². The van der Waals surface area contributed by atoms with E-state index < -0.39 is 0 Å². The summed E-state index contributed by atoms with van der Waals surface area (Å²) in [5.74, 6) is 0. The minimum Gasteiger partial charge on any atom is -0.317 e. The third-order valence-corrected chi connectivity index (χ3v) is 7.93. The van der Waals surface area contributed by atoms with E-state index in [1.165, 1.54) is 38.4 Å². The summed E-state index contributed by atoms with van der Waals surface area (Å²) in [6.45, 7) is 0. The van der Waals surface area contributed by atoms with Gasteiger partial charge in [0.2, 0.25) is 0 Å². The zero-order valence-corrected chi connectivity index (χ0v) is 22.4. The Morgan fingerprint density at radius 2 is 0.902 bits per heavy atom. The molecule has 0 N–H and O–H groups in total. The van der Waals surface area contributed by atoms with Gasteiger partial charge in [-0.15, -0.1) is 0 Å². The summed E-state index contributed by atoms with van der Waals surface area (Å²) in [5, 5.41) is 3.81. The normalized spacial score (nSPS) is 11.4. The van der Waals surface area contributed by atoms with E-state index >= 15 is 0 Å². The van der Waals surface area contributed by atoms with E-state index in [-0.39, 0.29) is 0 Å². The molecule has 194 valence electrons. The fourth-order valence-corrected chi connectivity index (χ4v) is 6.13. The number of rotatable bonds is 5. The number of benzene rings is 6. The molecule has 0 unspecified atom stereocenters. The zero-order valence-electron chi connectivity index (χ0n) is 22.4. The van der Waals surface area contributed by atoms with Gasteiger partial charge in [-0.3, -0.25) is 0 Å². The van der Waals surface area contributed by atoms with Crippen molar-refractivity contribution in [2.45, 2.75) is 0 Å². The third kappa shape index (κ3) is 3.82. The van der Waals surface area contributed by atoms with E-state index in [1.807, 2.05) is 0 Å². The lowest BCUT2D eigenvalue weighted by Gasteiger charge is -2.25. The van der Waals surface area contributed by atoms with Crippen molar-refractivity contribution >= 4 is 49.8 Å². The number of aromatic nitrogens is 2. The summed E-state index contributed by atoms with van der Waals surface area (Å²) in [4.78, 5) is 2.30. The number of hydrogen-bond donors (Lipinski definition) is 0. The lowest BCUT2D eigenvalue weighted by molar-refractivity contribution is 1.13. The molecule has 0 aliphatic heterocycles. The number of para-hydroxylation sites is 4. The molecule has 0 atom stereocenters. The molecule has 3 heteroatoms. The van der Waals surface area contributed by atoms with Crippen molar-refractivity contribution in [1.29, 1.82) is 0 Å². The SMILES string of the molecule is c1ccc(N(c2ccccc2)c2ccc(-n3c4ccccc4c4c5ccn(-c6ccccc6)c5ccc43)cc2)cc1. The number of nitrogens with zero attached hydrogens (tertiary/aromatic N) is 3. The van der Waals surface area contributed by atoms with Crippen molar-refractivity contribution in [1.82, 2.24) is 9.13 Å². The molecule has 0 fully saturated rings. The van der Waals surface area contributed by atoms with Crippen molar-refractivity contribution in [2.24, 2.45) is 0 Å². The van der Waals surface area contributed by atoms with Crippen LogP contribution in [0.5, 0.6) is 0 Å². The molecule has 3 nitrogen and oxygen atoms in total. The summed E-state index contributed by atoms with van der Waals surface area (Å²) in [5.41, 5.74) is 9.32. The van der Waals surface area contributed by atoms with E-state index in [1.54, 1.807) is 0 Å². The first-order valence-corrected chi connectivity index (χ1v) is 14.0. The van der Waals surface area contributed by atoms with E-state index in [0.29, 0.717) is 0 Å². The van der Waals surface area contributed by atoms with Crippen molar-refractivity contribution in [3.05, 3.63) is 164 Å². The molecule has 0 bridgehead atoms. The van der Waals surface area contributed by atoms with Gasteiger partial charge in [0.25, 0.3) is 0 Å². The molecule has 41 heavy (non-hydrogen) atoms. The fourth-order valence-electron chi connectivity index (χ4n) is 6.13. The minimum absolute atomic E-state index is 1.12. The zero-order chi connectivity index (χ0) is 27.2. The molecule has 0 spiro atoms. The van der Waals surface area contributed by atoms with Crippen molar-refractivity contribution in [3.8, 4) is 11.4 Å². The molecule has 0 aliphatic carbocycles. The van der Waals surface area contributed by atoms with E-state index in [9.17, 15) is 0 Å². The first kappa shape index (κ1) is 23.4. The van der Waals surface area contributed by atoms with E-state index in [0.717, 1.165) is 22.7 Å². The highest BCUT2D eigenvalue weighted by atomic mass is 15.1. The van der Waals surface area contributed by atoms with Crippen LogP contribution in [0.25, 0.3) is 44.1 Å². The molecular formula is C38H27N3. The van der Waals surface area contributed by atoms with Gasteiger partial charge in [0.05, 0.1) is 16.6 Å². The maximum absolute atomic E-state index is 2.39. The standard InChI is InChI=1S/C38H27N3/c1-4-12-28(13-5-1)39-27-26-34-35(39)24-25-37-38(34)33-18-10-11-19-36(33)41(37)32-22-20-31(21-23-32)40(29-14-6-2-7-15-29)30-16-8-3-9-17-30/h1-27H. The van der Waals surface area contributed by atoms with E-state index in [4.69, 9.17) is 0 Å². The molecule has 6 aromatic carbocycles. The monoisotopic (exact) mass is 525 g/mol. The van der Waals surface area contributed by atoms with Crippen LogP contribution in [0.4, 0.5) is 17.1 Å². The van der Waals surface area contributed by atoms with Gasteiger partial charge < -0.3 is 14.0 Å². The van der Waals surface area contributed by atoms with Crippen LogP contribution in [0, 0.1) is 0 Å². The highest BCUT2D eigenvalue weighted by Crippen LogP contribution is 2.39. The van der Waals surface area contributed by atoms with Gasteiger partial charge in [0.1, 0.15) is 0 Å². The van der Waals surface area contributed by atoms with E-state index in [2.05, 4.69) is 178 Å². The smallest absolute Gasteiger partial charge is 0.0548 e. The van der Waals surface area contributed by atoms with Crippen molar-refractivity contribution < 1.29 is 0 Å². The van der Waals surface area contributed by atoms with Crippen LogP contribution in [0.15, 0.2) is 164 Å². The third-order valence-electron chi connectivity index (χ3n) is 7.93. The van der Waals surface area contributed by atoms with Crippen LogP contribution in [0.2, 0.25) is 0 Å². The van der Waals surface area contributed by atoms with Gasteiger partial charge in [0.15, 0.2) is 0 Å². The topological polar surface area (TPSA) is 13.1 Å². The fraction of sp³-hybridized carbons (Fsp3) is 0. The Kier molecular flexibility index (Phi) is 5.46. The second kappa shape index (κ2) is 9.58. The number of anilines is 3. The summed E-state index contributed by atoms with van der Waals surface area (Å²) in [7, 11) is 0. The highest BCUT2D eigenvalue weighted by Gasteiger charge is 2.17. The molecule has 0 amide bonds. The quantitative estimate of drug-likeness (QED) is 0.218. The molecule has 0 aliphatic rings. The van der Waals surface area contributed by atoms with Gasteiger partial charge >= 0.3 is 0 Å². The molecule has 0 saturated heterocycles. The van der Waals surface area contributed by atoms with Crippen LogP contribution in [0.1, 0.15) is 0 Å². The first-order chi connectivity index (χ1) is 20.4. The van der Waals surface area contributed by atoms with Crippen LogP contribution >= 0.6 is 0 Å². The second-order valence-electron chi connectivity index (χ2n) is 10.3. The maximum atomic E-state index is 2.39.